The maximum atomic E-state index is 11.2. The largest absolute Gasteiger partial charge is 0.466 e. The molecule has 1 atom stereocenters. The summed E-state index contributed by atoms with van der Waals surface area (Å²) in [7, 11) is 0. The van der Waals surface area contributed by atoms with Gasteiger partial charge >= 0.3 is 5.97 Å². The molecule has 0 N–H and O–H groups in total. The molecule has 0 aliphatic carbocycles. The van der Waals surface area contributed by atoms with Gasteiger partial charge in [0.05, 0.1) is 6.61 Å². The average molecular weight is 220 g/mol. The van der Waals surface area contributed by atoms with E-state index < -0.39 is 0 Å². The number of benzene rings is 1. The zero-order chi connectivity index (χ0) is 12.0. The highest BCUT2D eigenvalue weighted by molar-refractivity contribution is 5.69. The molecule has 1 rings (SSSR count). The van der Waals surface area contributed by atoms with E-state index >= 15 is 0 Å². The number of carbonyl (C=O) groups excluding carboxylic acids is 1. The summed E-state index contributed by atoms with van der Waals surface area (Å²) in [4.78, 5) is 11.2. The molecule has 0 saturated heterocycles. The molecule has 88 valence electrons. The molecule has 0 amide bonds. The van der Waals surface area contributed by atoms with E-state index in [1.54, 1.807) is 0 Å². The molecule has 0 radical (unpaired) electrons. The number of aryl methyl sites for hydroxylation is 1. The molecule has 0 aliphatic rings. The van der Waals surface area contributed by atoms with Crippen LogP contribution >= 0.6 is 0 Å². The van der Waals surface area contributed by atoms with E-state index in [0.29, 0.717) is 18.9 Å². The monoisotopic (exact) mass is 220 g/mol. The van der Waals surface area contributed by atoms with E-state index in [0.717, 1.165) is 6.42 Å². The van der Waals surface area contributed by atoms with Gasteiger partial charge in [0.1, 0.15) is 0 Å². The molecule has 1 aromatic rings. The van der Waals surface area contributed by atoms with Crippen molar-refractivity contribution >= 4 is 5.97 Å². The third kappa shape index (κ3) is 4.05. The topological polar surface area (TPSA) is 26.3 Å². The van der Waals surface area contributed by atoms with Crippen LogP contribution < -0.4 is 0 Å². The molecule has 1 aromatic carbocycles. The summed E-state index contributed by atoms with van der Waals surface area (Å²) in [5.41, 5.74) is 2.56. The Kier molecular flexibility index (Phi) is 5.03. The van der Waals surface area contributed by atoms with Gasteiger partial charge in [-0.2, -0.15) is 0 Å². The maximum absolute atomic E-state index is 11.2. The van der Waals surface area contributed by atoms with Crippen LogP contribution in [0.15, 0.2) is 24.3 Å². The van der Waals surface area contributed by atoms with Gasteiger partial charge in [-0.05, 0) is 31.7 Å². The van der Waals surface area contributed by atoms with Crippen LogP contribution in [-0.4, -0.2) is 12.6 Å². The first-order valence-electron chi connectivity index (χ1n) is 5.85. The maximum Gasteiger partial charge on any atom is 0.305 e. The molecule has 0 saturated carbocycles. The summed E-state index contributed by atoms with van der Waals surface area (Å²) in [5.74, 6) is 0.311. The smallest absolute Gasteiger partial charge is 0.305 e. The first kappa shape index (κ1) is 12.8. The molecular weight excluding hydrogens is 200 g/mol. The van der Waals surface area contributed by atoms with Crippen molar-refractivity contribution in [3.8, 4) is 0 Å². The summed E-state index contributed by atoms with van der Waals surface area (Å²) >= 11 is 0. The normalized spacial score (nSPS) is 12.2. The Morgan fingerprint density at radius 1 is 1.44 bits per heavy atom. The second-order valence-electron chi connectivity index (χ2n) is 4.16. The number of ether oxygens (including phenoxy) is 1. The zero-order valence-corrected chi connectivity index (χ0v) is 10.3. The van der Waals surface area contributed by atoms with Gasteiger partial charge in [0.25, 0.3) is 0 Å². The van der Waals surface area contributed by atoms with Gasteiger partial charge < -0.3 is 4.74 Å². The summed E-state index contributed by atoms with van der Waals surface area (Å²) in [5, 5.41) is 0. The first-order chi connectivity index (χ1) is 7.63. The minimum absolute atomic E-state index is 0.0954. The van der Waals surface area contributed by atoms with Crippen molar-refractivity contribution in [1.82, 2.24) is 0 Å². The summed E-state index contributed by atoms with van der Waals surface area (Å²) < 4.78 is 4.91. The second-order valence-corrected chi connectivity index (χ2v) is 4.16. The molecule has 2 heteroatoms. The average Bonchev–Trinajstić information content (AvgIpc) is 2.26. The van der Waals surface area contributed by atoms with Gasteiger partial charge in [-0.1, -0.05) is 36.8 Å². The van der Waals surface area contributed by atoms with Crippen LogP contribution in [0.2, 0.25) is 0 Å². The highest BCUT2D eigenvalue weighted by Crippen LogP contribution is 2.21. The van der Waals surface area contributed by atoms with Crippen LogP contribution in [0.1, 0.15) is 43.7 Å². The second kappa shape index (κ2) is 6.31. The molecule has 16 heavy (non-hydrogen) atoms. The lowest BCUT2D eigenvalue weighted by atomic mass is 9.95. The minimum atomic E-state index is -0.0954. The predicted octanol–water partition coefficient (Wildman–Crippen LogP) is 3.44. The van der Waals surface area contributed by atoms with Crippen molar-refractivity contribution in [1.29, 1.82) is 0 Å². The van der Waals surface area contributed by atoms with Gasteiger partial charge in [-0.3, -0.25) is 4.79 Å². The summed E-state index contributed by atoms with van der Waals surface area (Å²) in [6, 6.07) is 8.44. The molecule has 0 bridgehead atoms. The number of hydrogen-bond acceptors (Lipinski definition) is 2. The van der Waals surface area contributed by atoms with Gasteiger partial charge in [0, 0.05) is 6.42 Å². The van der Waals surface area contributed by atoms with Crippen molar-refractivity contribution in [2.24, 2.45) is 0 Å². The fraction of sp³-hybridized carbons (Fsp3) is 0.500. The van der Waals surface area contributed by atoms with Crippen molar-refractivity contribution in [3.63, 3.8) is 0 Å². The zero-order valence-electron chi connectivity index (χ0n) is 10.3. The highest BCUT2D eigenvalue weighted by atomic mass is 16.5. The Labute approximate surface area is 97.6 Å². The molecule has 0 aromatic heterocycles. The fourth-order valence-electron chi connectivity index (χ4n) is 1.71. The van der Waals surface area contributed by atoms with E-state index in [4.69, 9.17) is 4.74 Å². The first-order valence-corrected chi connectivity index (χ1v) is 5.85. The third-order valence-corrected chi connectivity index (χ3v) is 2.70. The van der Waals surface area contributed by atoms with Crippen LogP contribution in [0.25, 0.3) is 0 Å². The van der Waals surface area contributed by atoms with Crippen LogP contribution in [0.5, 0.6) is 0 Å². The molecule has 2 nitrogen and oxygen atoms in total. The summed E-state index contributed by atoms with van der Waals surface area (Å²) in [6.07, 6.45) is 1.35. The van der Waals surface area contributed by atoms with E-state index in [1.165, 1.54) is 11.1 Å². The van der Waals surface area contributed by atoms with Crippen LogP contribution in [0, 0.1) is 6.92 Å². The van der Waals surface area contributed by atoms with Crippen LogP contribution in [0.3, 0.4) is 0 Å². The molecule has 0 fully saturated rings. The summed E-state index contributed by atoms with van der Waals surface area (Å²) in [6.45, 7) is 6.54. The Bertz CT molecular complexity index is 344. The number of rotatable bonds is 5. The Balaban J connectivity index is 2.46. The molecule has 0 heterocycles. The fourth-order valence-corrected chi connectivity index (χ4v) is 1.71. The number of carbonyl (C=O) groups is 1. The quantitative estimate of drug-likeness (QED) is 0.710. The lowest BCUT2D eigenvalue weighted by Gasteiger charge is -2.11. The number of esters is 1. The van der Waals surface area contributed by atoms with Gasteiger partial charge in [0.2, 0.25) is 0 Å². The number of hydrogen-bond donors (Lipinski definition) is 0. The highest BCUT2D eigenvalue weighted by Gasteiger charge is 2.09. The lowest BCUT2D eigenvalue weighted by Crippen LogP contribution is -2.05. The van der Waals surface area contributed by atoms with Gasteiger partial charge in [-0.25, -0.2) is 0 Å². The van der Waals surface area contributed by atoms with E-state index in [2.05, 4.69) is 38.1 Å². The molecule has 0 spiro atoms. The van der Waals surface area contributed by atoms with Crippen molar-refractivity contribution < 1.29 is 9.53 Å². The molecular formula is C14H20O2. The molecule has 0 unspecified atom stereocenters. The predicted molar refractivity (Wildman–Crippen MR) is 65.5 cm³/mol. The Hall–Kier alpha value is -1.31. The lowest BCUT2D eigenvalue weighted by molar-refractivity contribution is -0.143. The van der Waals surface area contributed by atoms with E-state index in [1.807, 2.05) is 6.92 Å². The Morgan fingerprint density at radius 2 is 2.19 bits per heavy atom. The standard InChI is InChI=1S/C14H20O2/c1-4-16-14(15)9-8-12(3)13-7-5-6-11(2)10-13/h5-7,10,12H,4,8-9H2,1-3H3/t12-/m0/s1. The van der Waals surface area contributed by atoms with Crippen molar-refractivity contribution in [2.75, 3.05) is 6.61 Å². The molecule has 0 aliphatic heterocycles. The third-order valence-electron chi connectivity index (χ3n) is 2.70. The Morgan fingerprint density at radius 3 is 2.81 bits per heavy atom. The van der Waals surface area contributed by atoms with Crippen LogP contribution in [0.4, 0.5) is 0 Å². The van der Waals surface area contributed by atoms with Gasteiger partial charge in [0.15, 0.2) is 0 Å². The van der Waals surface area contributed by atoms with Crippen LogP contribution in [-0.2, 0) is 9.53 Å². The minimum Gasteiger partial charge on any atom is -0.466 e. The SMILES string of the molecule is CCOC(=O)CC[C@H](C)c1cccc(C)c1. The van der Waals surface area contributed by atoms with Gasteiger partial charge in [-0.15, -0.1) is 0 Å². The van der Waals surface area contributed by atoms with Crippen molar-refractivity contribution in [3.05, 3.63) is 35.4 Å². The van der Waals surface area contributed by atoms with E-state index in [9.17, 15) is 4.79 Å². The van der Waals surface area contributed by atoms with Crippen molar-refractivity contribution in [2.45, 2.75) is 39.5 Å². The van der Waals surface area contributed by atoms with E-state index in [-0.39, 0.29) is 5.97 Å².